The number of methoxy groups -OCH3 is 1. The third kappa shape index (κ3) is 1.67. The fraction of sp³-hybridized carbons (Fsp3) is 0.176. The minimum absolute atomic E-state index is 0.108. The van der Waals surface area contributed by atoms with Crippen molar-refractivity contribution in [3.8, 4) is 5.75 Å². The van der Waals surface area contributed by atoms with Gasteiger partial charge >= 0.3 is 0 Å². The number of aryl methyl sites for hydroxylation is 1. The normalized spacial score (nSPS) is 12.9. The molecule has 3 nitrogen and oxygen atoms in total. The van der Waals surface area contributed by atoms with E-state index < -0.39 is 0 Å². The highest BCUT2D eigenvalue weighted by Crippen LogP contribution is 2.33. The summed E-state index contributed by atoms with van der Waals surface area (Å²) in [5, 5.41) is 0. The molecule has 0 bridgehead atoms. The molecule has 2 aromatic rings. The summed E-state index contributed by atoms with van der Waals surface area (Å²) in [6.07, 6.45) is 0.833. The van der Waals surface area contributed by atoms with Crippen LogP contribution in [0.1, 0.15) is 44.3 Å². The molecule has 0 aromatic heterocycles. The Labute approximate surface area is 117 Å². The van der Waals surface area contributed by atoms with E-state index in [-0.39, 0.29) is 11.6 Å². The third-order valence-corrected chi connectivity index (χ3v) is 3.70. The molecule has 1 aliphatic rings. The van der Waals surface area contributed by atoms with Crippen molar-refractivity contribution < 1.29 is 14.3 Å². The zero-order valence-electron chi connectivity index (χ0n) is 11.4. The van der Waals surface area contributed by atoms with Crippen LogP contribution < -0.4 is 4.74 Å². The molecule has 0 heterocycles. The minimum atomic E-state index is -0.144. The van der Waals surface area contributed by atoms with Gasteiger partial charge in [-0.3, -0.25) is 9.59 Å². The SMILES string of the molecule is CCc1ccc2c(c1)C(=O)c1cccc(OC)c1C2=O. The Bertz CT molecular complexity index is 725. The number of ether oxygens (including phenoxy) is 1. The summed E-state index contributed by atoms with van der Waals surface area (Å²) in [4.78, 5) is 25.2. The maximum absolute atomic E-state index is 12.6. The Morgan fingerprint density at radius 1 is 0.950 bits per heavy atom. The van der Waals surface area contributed by atoms with Crippen molar-refractivity contribution in [1.82, 2.24) is 0 Å². The maximum atomic E-state index is 12.6. The van der Waals surface area contributed by atoms with Crippen LogP contribution in [-0.4, -0.2) is 18.7 Å². The highest BCUT2D eigenvalue weighted by molar-refractivity contribution is 6.29. The first kappa shape index (κ1) is 12.6. The number of hydrogen-bond donors (Lipinski definition) is 0. The first-order valence-corrected chi connectivity index (χ1v) is 6.56. The van der Waals surface area contributed by atoms with Crippen molar-refractivity contribution in [2.24, 2.45) is 0 Å². The first-order chi connectivity index (χ1) is 9.67. The second-order valence-corrected chi connectivity index (χ2v) is 4.77. The molecule has 0 saturated carbocycles. The molecule has 2 aromatic carbocycles. The van der Waals surface area contributed by atoms with Crippen LogP contribution in [-0.2, 0) is 6.42 Å². The maximum Gasteiger partial charge on any atom is 0.198 e. The van der Waals surface area contributed by atoms with Gasteiger partial charge in [0.2, 0.25) is 0 Å². The molecule has 0 spiro atoms. The lowest BCUT2D eigenvalue weighted by molar-refractivity contribution is 0.0976. The van der Waals surface area contributed by atoms with E-state index in [1.54, 1.807) is 24.3 Å². The van der Waals surface area contributed by atoms with Gasteiger partial charge in [-0.25, -0.2) is 0 Å². The molecule has 0 aliphatic heterocycles. The minimum Gasteiger partial charge on any atom is -0.496 e. The molecular formula is C17H14O3. The largest absolute Gasteiger partial charge is 0.496 e. The molecule has 20 heavy (non-hydrogen) atoms. The van der Waals surface area contributed by atoms with Gasteiger partial charge in [-0.15, -0.1) is 0 Å². The van der Waals surface area contributed by atoms with Gasteiger partial charge in [0, 0.05) is 16.7 Å². The van der Waals surface area contributed by atoms with Gasteiger partial charge in [-0.2, -0.15) is 0 Å². The monoisotopic (exact) mass is 266 g/mol. The second kappa shape index (κ2) is 4.60. The van der Waals surface area contributed by atoms with Gasteiger partial charge in [-0.05, 0) is 24.1 Å². The van der Waals surface area contributed by atoms with Crippen LogP contribution in [0.15, 0.2) is 36.4 Å². The Morgan fingerprint density at radius 2 is 1.75 bits per heavy atom. The summed E-state index contributed by atoms with van der Waals surface area (Å²) in [5.74, 6) is 0.199. The summed E-state index contributed by atoms with van der Waals surface area (Å²) in [6.45, 7) is 2.02. The highest BCUT2D eigenvalue weighted by atomic mass is 16.5. The number of fused-ring (bicyclic) bond motifs is 2. The van der Waals surface area contributed by atoms with Crippen molar-refractivity contribution in [3.05, 3.63) is 64.2 Å². The van der Waals surface area contributed by atoms with Gasteiger partial charge in [0.25, 0.3) is 0 Å². The van der Waals surface area contributed by atoms with Crippen LogP contribution in [0.3, 0.4) is 0 Å². The number of carbonyl (C=O) groups is 2. The van der Waals surface area contributed by atoms with Crippen LogP contribution in [0, 0.1) is 0 Å². The number of rotatable bonds is 2. The predicted octanol–water partition coefficient (Wildman–Crippen LogP) is 3.03. The predicted molar refractivity (Wildman–Crippen MR) is 75.7 cm³/mol. The zero-order valence-corrected chi connectivity index (χ0v) is 11.4. The Balaban J connectivity index is 2.27. The average molecular weight is 266 g/mol. The number of ketones is 2. The fourth-order valence-electron chi connectivity index (χ4n) is 2.60. The Kier molecular flexibility index (Phi) is 2.90. The molecule has 0 amide bonds. The zero-order chi connectivity index (χ0) is 14.3. The molecule has 3 rings (SSSR count). The number of hydrogen-bond acceptors (Lipinski definition) is 3. The highest BCUT2D eigenvalue weighted by Gasteiger charge is 2.32. The number of carbonyl (C=O) groups excluding carboxylic acids is 2. The fourth-order valence-corrected chi connectivity index (χ4v) is 2.60. The summed E-state index contributed by atoms with van der Waals surface area (Å²) in [6, 6.07) is 10.6. The number of benzene rings is 2. The Morgan fingerprint density at radius 3 is 2.45 bits per heavy atom. The second-order valence-electron chi connectivity index (χ2n) is 4.77. The van der Waals surface area contributed by atoms with E-state index in [4.69, 9.17) is 4.74 Å². The van der Waals surface area contributed by atoms with E-state index in [0.717, 1.165) is 12.0 Å². The van der Waals surface area contributed by atoms with Gasteiger partial charge in [-0.1, -0.05) is 31.2 Å². The average Bonchev–Trinajstić information content (AvgIpc) is 2.51. The van der Waals surface area contributed by atoms with E-state index in [1.807, 2.05) is 19.1 Å². The van der Waals surface area contributed by atoms with Crippen LogP contribution in [0.25, 0.3) is 0 Å². The molecule has 0 radical (unpaired) electrons. The summed E-state index contributed by atoms with van der Waals surface area (Å²) in [5.41, 5.74) is 2.81. The molecule has 1 aliphatic carbocycles. The molecule has 0 fully saturated rings. The molecule has 3 heteroatoms. The molecule has 0 N–H and O–H groups in total. The lowest BCUT2D eigenvalue weighted by atomic mass is 9.82. The van der Waals surface area contributed by atoms with Crippen molar-refractivity contribution in [2.45, 2.75) is 13.3 Å². The van der Waals surface area contributed by atoms with E-state index >= 15 is 0 Å². The van der Waals surface area contributed by atoms with E-state index in [0.29, 0.717) is 28.0 Å². The lowest BCUT2D eigenvalue weighted by Crippen LogP contribution is -2.21. The molecule has 0 atom stereocenters. The molecule has 0 unspecified atom stereocenters. The summed E-state index contributed by atoms with van der Waals surface area (Å²) >= 11 is 0. The van der Waals surface area contributed by atoms with Crippen LogP contribution >= 0.6 is 0 Å². The standard InChI is InChI=1S/C17H14O3/c1-3-10-7-8-11-13(9-10)16(18)12-5-4-6-14(20-2)15(12)17(11)19/h4-9H,3H2,1-2H3. The van der Waals surface area contributed by atoms with Crippen molar-refractivity contribution in [1.29, 1.82) is 0 Å². The van der Waals surface area contributed by atoms with Crippen LogP contribution in [0.2, 0.25) is 0 Å². The summed E-state index contributed by atoms with van der Waals surface area (Å²) < 4.78 is 5.22. The van der Waals surface area contributed by atoms with Crippen LogP contribution in [0.4, 0.5) is 0 Å². The topological polar surface area (TPSA) is 43.4 Å². The van der Waals surface area contributed by atoms with Crippen molar-refractivity contribution in [3.63, 3.8) is 0 Å². The molecule has 100 valence electrons. The third-order valence-electron chi connectivity index (χ3n) is 3.70. The molecule has 0 saturated heterocycles. The lowest BCUT2D eigenvalue weighted by Gasteiger charge is -2.19. The Hall–Kier alpha value is -2.42. The van der Waals surface area contributed by atoms with E-state index in [2.05, 4.69) is 0 Å². The van der Waals surface area contributed by atoms with Crippen LogP contribution in [0.5, 0.6) is 5.75 Å². The van der Waals surface area contributed by atoms with Gasteiger partial charge in [0.05, 0.1) is 12.7 Å². The van der Waals surface area contributed by atoms with E-state index in [1.165, 1.54) is 7.11 Å². The van der Waals surface area contributed by atoms with Crippen molar-refractivity contribution in [2.75, 3.05) is 7.11 Å². The molecular weight excluding hydrogens is 252 g/mol. The van der Waals surface area contributed by atoms with Gasteiger partial charge in [0.1, 0.15) is 5.75 Å². The van der Waals surface area contributed by atoms with Gasteiger partial charge < -0.3 is 4.74 Å². The van der Waals surface area contributed by atoms with Crippen molar-refractivity contribution >= 4 is 11.6 Å². The summed E-state index contributed by atoms with van der Waals surface area (Å²) in [7, 11) is 1.50. The first-order valence-electron chi connectivity index (χ1n) is 6.56. The smallest absolute Gasteiger partial charge is 0.198 e. The van der Waals surface area contributed by atoms with E-state index in [9.17, 15) is 9.59 Å². The quantitative estimate of drug-likeness (QED) is 0.716. The van der Waals surface area contributed by atoms with Gasteiger partial charge in [0.15, 0.2) is 11.6 Å².